The van der Waals surface area contributed by atoms with Gasteiger partial charge in [-0.2, -0.15) is 0 Å². The second-order valence-corrected chi connectivity index (χ2v) is 7.99. The topological polar surface area (TPSA) is 114 Å². The van der Waals surface area contributed by atoms with Crippen molar-refractivity contribution in [3.63, 3.8) is 0 Å². The highest BCUT2D eigenvalue weighted by atomic mass is 35.5. The SMILES string of the molecule is CCOC(=O)CC[C@H](NC(=O)[C@@H](Cc1ccc(N(CCCl)CCCl)cc1)NC=O)C(=O)OCC. The van der Waals surface area contributed by atoms with Gasteiger partial charge in [0, 0.05) is 43.4 Å². The Kier molecular flexibility index (Phi) is 14.8. The summed E-state index contributed by atoms with van der Waals surface area (Å²) in [5.41, 5.74) is 1.74. The third-order valence-electron chi connectivity index (χ3n) is 4.87. The Morgan fingerprint density at radius 2 is 1.62 bits per heavy atom. The predicted octanol–water partition coefficient (Wildman–Crippen LogP) is 2.02. The number of benzene rings is 1. The first kappa shape index (κ1) is 29.5. The molecule has 1 rings (SSSR count). The van der Waals surface area contributed by atoms with Crippen molar-refractivity contribution in [2.24, 2.45) is 0 Å². The van der Waals surface area contributed by atoms with Gasteiger partial charge in [-0.15, -0.1) is 23.2 Å². The molecule has 34 heavy (non-hydrogen) atoms. The number of amides is 2. The number of carbonyl (C=O) groups excluding carboxylic acids is 4. The molecule has 0 spiro atoms. The number of nitrogens with one attached hydrogen (secondary N) is 2. The highest BCUT2D eigenvalue weighted by molar-refractivity contribution is 6.18. The molecule has 2 atom stereocenters. The lowest BCUT2D eigenvalue weighted by atomic mass is 10.0. The van der Waals surface area contributed by atoms with Gasteiger partial charge in [-0.25, -0.2) is 4.79 Å². The minimum absolute atomic E-state index is 0.0168. The monoisotopic (exact) mass is 517 g/mol. The quantitative estimate of drug-likeness (QED) is 0.184. The van der Waals surface area contributed by atoms with Crippen LogP contribution in [0.5, 0.6) is 0 Å². The number of rotatable bonds is 17. The second-order valence-electron chi connectivity index (χ2n) is 7.23. The van der Waals surface area contributed by atoms with Crippen molar-refractivity contribution in [1.82, 2.24) is 10.6 Å². The highest BCUT2D eigenvalue weighted by Crippen LogP contribution is 2.17. The van der Waals surface area contributed by atoms with E-state index in [1.807, 2.05) is 29.2 Å². The van der Waals surface area contributed by atoms with E-state index in [-0.39, 0.29) is 32.5 Å². The summed E-state index contributed by atoms with van der Waals surface area (Å²) in [6, 6.07) is 5.51. The minimum atomic E-state index is -1.05. The average molecular weight is 518 g/mol. The van der Waals surface area contributed by atoms with Crippen LogP contribution in [-0.4, -0.2) is 74.4 Å². The molecule has 0 saturated heterocycles. The lowest BCUT2D eigenvalue weighted by molar-refractivity contribution is -0.149. The molecule has 0 fully saturated rings. The summed E-state index contributed by atoms with van der Waals surface area (Å²) >= 11 is 11.7. The predicted molar refractivity (Wildman–Crippen MR) is 131 cm³/mol. The molecule has 0 unspecified atom stereocenters. The molecule has 190 valence electrons. The largest absolute Gasteiger partial charge is 0.466 e. The van der Waals surface area contributed by atoms with Crippen LogP contribution in [-0.2, 0) is 35.1 Å². The molecule has 0 aromatic heterocycles. The summed E-state index contributed by atoms with van der Waals surface area (Å²) in [5, 5.41) is 5.08. The molecule has 0 aliphatic rings. The van der Waals surface area contributed by atoms with Gasteiger partial charge in [0.15, 0.2) is 0 Å². The lowest BCUT2D eigenvalue weighted by Crippen LogP contribution is -2.51. The molecule has 0 bridgehead atoms. The number of halogens is 2. The van der Waals surface area contributed by atoms with Crippen LogP contribution in [0, 0.1) is 0 Å². The summed E-state index contributed by atoms with van der Waals surface area (Å²) in [5.74, 6) is -0.785. The number of hydrogen-bond acceptors (Lipinski definition) is 7. The zero-order chi connectivity index (χ0) is 25.3. The molecule has 0 radical (unpaired) electrons. The van der Waals surface area contributed by atoms with Gasteiger partial charge in [0.25, 0.3) is 0 Å². The number of carbonyl (C=O) groups is 4. The average Bonchev–Trinajstić information content (AvgIpc) is 2.82. The van der Waals surface area contributed by atoms with E-state index in [0.717, 1.165) is 11.3 Å². The Balaban J connectivity index is 2.89. The van der Waals surface area contributed by atoms with E-state index in [4.69, 9.17) is 32.7 Å². The van der Waals surface area contributed by atoms with Gasteiger partial charge >= 0.3 is 11.9 Å². The second kappa shape index (κ2) is 17.0. The fourth-order valence-corrected chi connectivity index (χ4v) is 3.63. The molecule has 2 N–H and O–H groups in total. The van der Waals surface area contributed by atoms with E-state index < -0.39 is 29.9 Å². The maximum atomic E-state index is 12.9. The van der Waals surface area contributed by atoms with Crippen molar-refractivity contribution >= 4 is 53.1 Å². The van der Waals surface area contributed by atoms with Crippen LogP contribution in [0.3, 0.4) is 0 Å². The first-order chi connectivity index (χ1) is 16.4. The zero-order valence-corrected chi connectivity index (χ0v) is 21.1. The summed E-state index contributed by atoms with van der Waals surface area (Å²) < 4.78 is 9.89. The fraction of sp³-hybridized carbons (Fsp3) is 0.565. The van der Waals surface area contributed by atoms with Crippen LogP contribution in [0.2, 0.25) is 0 Å². The zero-order valence-electron chi connectivity index (χ0n) is 19.6. The summed E-state index contributed by atoms with van der Waals surface area (Å²) in [6.45, 7) is 4.95. The van der Waals surface area contributed by atoms with Crippen molar-refractivity contribution in [3.05, 3.63) is 29.8 Å². The molecule has 1 aromatic carbocycles. The summed E-state index contributed by atoms with van der Waals surface area (Å²) in [7, 11) is 0. The van der Waals surface area contributed by atoms with E-state index in [2.05, 4.69) is 10.6 Å². The van der Waals surface area contributed by atoms with E-state index in [9.17, 15) is 19.2 Å². The number of esters is 2. The lowest BCUT2D eigenvalue weighted by Gasteiger charge is -2.24. The van der Waals surface area contributed by atoms with Crippen molar-refractivity contribution < 1.29 is 28.7 Å². The van der Waals surface area contributed by atoms with E-state index in [1.54, 1.807) is 13.8 Å². The van der Waals surface area contributed by atoms with Crippen molar-refractivity contribution in [2.45, 2.75) is 45.2 Å². The molecular weight excluding hydrogens is 485 g/mol. The Bertz CT molecular complexity index is 772. The van der Waals surface area contributed by atoms with E-state index in [1.165, 1.54) is 0 Å². The van der Waals surface area contributed by atoms with Crippen molar-refractivity contribution in [1.29, 1.82) is 0 Å². The molecule has 0 aliphatic heterocycles. The van der Waals surface area contributed by atoms with Gasteiger partial charge in [-0.3, -0.25) is 14.4 Å². The molecule has 9 nitrogen and oxygen atoms in total. The van der Waals surface area contributed by atoms with Crippen LogP contribution in [0.1, 0.15) is 32.3 Å². The van der Waals surface area contributed by atoms with Crippen molar-refractivity contribution in [2.75, 3.05) is 43.0 Å². The number of alkyl halides is 2. The Hall–Kier alpha value is -2.52. The smallest absolute Gasteiger partial charge is 0.328 e. The highest BCUT2D eigenvalue weighted by Gasteiger charge is 2.27. The van der Waals surface area contributed by atoms with Crippen LogP contribution in [0.4, 0.5) is 5.69 Å². The number of ether oxygens (including phenoxy) is 2. The van der Waals surface area contributed by atoms with Gasteiger partial charge in [0.2, 0.25) is 12.3 Å². The maximum absolute atomic E-state index is 12.9. The van der Waals surface area contributed by atoms with E-state index in [0.29, 0.717) is 31.3 Å². The standard InChI is InChI=1S/C23H33Cl2N3O6/c1-3-33-21(30)10-9-19(23(32)34-4-2)27-22(31)20(26-16-29)15-17-5-7-18(8-6-17)28(13-11-24)14-12-25/h5-8,16,19-20H,3-4,9-15H2,1-2H3,(H,26,29)(H,27,31)/t19-,20+/m0/s1. The third kappa shape index (κ3) is 10.6. The first-order valence-electron chi connectivity index (χ1n) is 11.2. The molecule has 0 heterocycles. The Labute approximate surface area is 210 Å². The molecule has 0 aliphatic carbocycles. The van der Waals surface area contributed by atoms with Crippen LogP contribution in [0.15, 0.2) is 24.3 Å². The Morgan fingerprint density at radius 3 is 2.15 bits per heavy atom. The number of anilines is 1. The van der Waals surface area contributed by atoms with Gasteiger partial charge in [0.05, 0.1) is 13.2 Å². The van der Waals surface area contributed by atoms with Gasteiger partial charge in [0.1, 0.15) is 12.1 Å². The van der Waals surface area contributed by atoms with Gasteiger partial charge in [-0.05, 0) is 38.0 Å². The molecule has 2 amide bonds. The number of hydrogen-bond donors (Lipinski definition) is 2. The van der Waals surface area contributed by atoms with Gasteiger partial charge < -0.3 is 25.0 Å². The molecule has 0 saturated carbocycles. The van der Waals surface area contributed by atoms with Crippen LogP contribution in [0.25, 0.3) is 0 Å². The molecule has 1 aromatic rings. The summed E-state index contributed by atoms with van der Waals surface area (Å²) in [4.78, 5) is 50.0. The minimum Gasteiger partial charge on any atom is -0.466 e. The molecule has 11 heteroatoms. The Morgan fingerprint density at radius 1 is 1.00 bits per heavy atom. The van der Waals surface area contributed by atoms with E-state index >= 15 is 0 Å². The summed E-state index contributed by atoms with van der Waals surface area (Å²) in [6.07, 6.45) is 0.581. The fourth-order valence-electron chi connectivity index (χ4n) is 3.22. The molecular formula is C23H33Cl2N3O6. The normalized spacial score (nSPS) is 12.2. The van der Waals surface area contributed by atoms with Crippen molar-refractivity contribution in [3.8, 4) is 0 Å². The van der Waals surface area contributed by atoms with Gasteiger partial charge in [-0.1, -0.05) is 12.1 Å². The van der Waals surface area contributed by atoms with Crippen LogP contribution >= 0.6 is 23.2 Å². The van der Waals surface area contributed by atoms with Crippen LogP contribution < -0.4 is 15.5 Å². The third-order valence-corrected chi connectivity index (χ3v) is 5.20. The number of nitrogens with zero attached hydrogens (tertiary/aromatic N) is 1. The maximum Gasteiger partial charge on any atom is 0.328 e. The first-order valence-corrected chi connectivity index (χ1v) is 12.2.